The molecule has 2 N–H and O–H groups in total. The molecule has 4 atom stereocenters. The Kier molecular flexibility index (Phi) is 8.15. The first kappa shape index (κ1) is 24.6. The Morgan fingerprint density at radius 1 is 1.12 bits per heavy atom. The number of aliphatic hydroxyl groups is 1. The second-order valence-corrected chi connectivity index (χ2v) is 9.11. The Hall–Kier alpha value is -2.52. The quantitative estimate of drug-likeness (QED) is 0.673. The zero-order valence-corrected chi connectivity index (χ0v) is 19.4. The molecule has 0 radical (unpaired) electrons. The van der Waals surface area contributed by atoms with Gasteiger partial charge in [-0.25, -0.2) is 4.39 Å². The number of amides is 2. The molecule has 2 aliphatic heterocycles. The van der Waals surface area contributed by atoms with Crippen LogP contribution < -0.4 is 5.32 Å². The third-order valence-corrected chi connectivity index (χ3v) is 6.41. The fourth-order valence-electron chi connectivity index (χ4n) is 4.45. The second-order valence-electron chi connectivity index (χ2n) is 8.68. The second kappa shape index (κ2) is 11.3. The predicted molar refractivity (Wildman–Crippen MR) is 124 cm³/mol. The molecule has 4 rings (SSSR count). The van der Waals surface area contributed by atoms with Crippen molar-refractivity contribution >= 4 is 23.4 Å². The van der Waals surface area contributed by atoms with Gasteiger partial charge >= 0.3 is 0 Å². The van der Waals surface area contributed by atoms with Crippen molar-refractivity contribution in [2.45, 2.75) is 50.2 Å². The zero-order valence-electron chi connectivity index (χ0n) is 18.7. The van der Waals surface area contributed by atoms with E-state index < -0.39 is 30.0 Å². The Morgan fingerprint density at radius 2 is 1.88 bits per heavy atom. The summed E-state index contributed by atoms with van der Waals surface area (Å²) in [7, 11) is 0. The maximum Gasteiger partial charge on any atom is 0.257 e. The maximum atomic E-state index is 14.3. The topological polar surface area (TPSA) is 88.1 Å². The minimum absolute atomic E-state index is 0.0178. The number of ether oxygens (including phenoxy) is 2. The molecule has 0 saturated carbocycles. The van der Waals surface area contributed by atoms with Crippen LogP contribution in [0.3, 0.4) is 0 Å². The number of fused-ring (bicyclic) bond motifs is 1. The number of aliphatic hydroxyl groups excluding tert-OH is 1. The highest BCUT2D eigenvalue weighted by Gasteiger charge is 2.40. The molecule has 0 bridgehead atoms. The van der Waals surface area contributed by atoms with Crippen molar-refractivity contribution in [3.63, 3.8) is 0 Å². The van der Waals surface area contributed by atoms with Crippen molar-refractivity contribution in [1.82, 2.24) is 10.2 Å². The third kappa shape index (κ3) is 6.13. The molecule has 0 spiro atoms. The Balaban J connectivity index is 1.39. The predicted octanol–water partition coefficient (Wildman–Crippen LogP) is 2.94. The molecule has 2 amide bonds. The number of carbonyl (C=O) groups excluding carboxylic acids is 2. The first-order chi connectivity index (χ1) is 16.4. The lowest BCUT2D eigenvalue weighted by molar-refractivity contribution is -0.151. The number of carbonyl (C=O) groups is 2. The molecule has 34 heavy (non-hydrogen) atoms. The summed E-state index contributed by atoms with van der Waals surface area (Å²) in [6.07, 6.45) is -0.410. The van der Waals surface area contributed by atoms with Gasteiger partial charge in [0.1, 0.15) is 11.9 Å². The summed E-state index contributed by atoms with van der Waals surface area (Å²) in [5.74, 6) is -1.24. The molecule has 0 aliphatic carbocycles. The summed E-state index contributed by atoms with van der Waals surface area (Å²) < 4.78 is 26.1. The standard InChI is InChI=1S/C25H28ClFN2O5/c26-17-7-5-16(6-8-17)12-28-24(31)11-19-9-10-22-23(34-19)15-33-14-18(30)13-29(22)25(32)20-3-1-2-4-21(20)27/h1-8,18-19,22-23,30H,9-15H2,(H,28,31)/t18-,19+,22+,23-/m1/s1. The molecular weight excluding hydrogens is 463 g/mol. The molecule has 2 aliphatic rings. The van der Waals surface area contributed by atoms with Gasteiger partial charge in [-0.05, 0) is 42.7 Å². The number of hydrogen-bond donors (Lipinski definition) is 2. The first-order valence-electron chi connectivity index (χ1n) is 11.4. The van der Waals surface area contributed by atoms with Gasteiger partial charge < -0.3 is 24.8 Å². The Morgan fingerprint density at radius 3 is 2.65 bits per heavy atom. The largest absolute Gasteiger partial charge is 0.389 e. The van der Waals surface area contributed by atoms with E-state index in [1.54, 1.807) is 18.2 Å². The van der Waals surface area contributed by atoms with Crippen molar-refractivity contribution < 1.29 is 28.6 Å². The Labute approximate surface area is 202 Å². The summed E-state index contributed by atoms with van der Waals surface area (Å²) in [6.45, 7) is 0.621. The fourth-order valence-corrected chi connectivity index (χ4v) is 4.57. The molecule has 2 aromatic carbocycles. The molecule has 2 fully saturated rings. The van der Waals surface area contributed by atoms with Gasteiger partial charge in [-0.3, -0.25) is 9.59 Å². The number of β-amino-alcohol motifs (C(OH)–C–C–N with tert-alkyl or cyclic N) is 1. The zero-order chi connectivity index (χ0) is 24.1. The van der Waals surface area contributed by atoms with Crippen molar-refractivity contribution in [1.29, 1.82) is 0 Å². The monoisotopic (exact) mass is 490 g/mol. The van der Waals surface area contributed by atoms with Gasteiger partial charge in [0, 0.05) is 18.1 Å². The molecule has 0 aromatic heterocycles. The van der Waals surface area contributed by atoms with Gasteiger partial charge in [-0.1, -0.05) is 35.9 Å². The van der Waals surface area contributed by atoms with Crippen LogP contribution in [-0.2, 0) is 20.8 Å². The van der Waals surface area contributed by atoms with Crippen molar-refractivity contribution in [2.24, 2.45) is 0 Å². The van der Waals surface area contributed by atoms with E-state index in [0.717, 1.165) is 5.56 Å². The molecule has 182 valence electrons. The van der Waals surface area contributed by atoms with Crippen LogP contribution in [-0.4, -0.2) is 65.9 Å². The van der Waals surface area contributed by atoms with Crippen molar-refractivity contribution in [2.75, 3.05) is 19.8 Å². The summed E-state index contributed by atoms with van der Waals surface area (Å²) in [4.78, 5) is 27.2. The molecule has 2 aromatic rings. The number of benzene rings is 2. The molecular formula is C25H28ClFN2O5. The normalized spacial score (nSPS) is 25.1. The van der Waals surface area contributed by atoms with E-state index in [1.165, 1.54) is 23.1 Å². The van der Waals surface area contributed by atoms with Gasteiger partial charge in [0.05, 0.1) is 43.4 Å². The maximum absolute atomic E-state index is 14.3. The van der Waals surface area contributed by atoms with Crippen molar-refractivity contribution in [3.8, 4) is 0 Å². The SMILES string of the molecule is O=C(C[C@@H]1CC[C@H]2[C@@H](COC[C@H](O)CN2C(=O)c2ccccc2F)O1)NCc1ccc(Cl)cc1. The summed E-state index contributed by atoms with van der Waals surface area (Å²) in [6, 6.07) is 12.7. The van der Waals surface area contributed by atoms with Crippen LogP contribution in [0.5, 0.6) is 0 Å². The van der Waals surface area contributed by atoms with E-state index in [9.17, 15) is 19.1 Å². The molecule has 7 nitrogen and oxygen atoms in total. The summed E-state index contributed by atoms with van der Waals surface area (Å²) >= 11 is 5.89. The van der Waals surface area contributed by atoms with Gasteiger partial charge in [0.25, 0.3) is 5.91 Å². The smallest absolute Gasteiger partial charge is 0.257 e. The van der Waals surface area contributed by atoms with Gasteiger partial charge in [-0.15, -0.1) is 0 Å². The fraction of sp³-hybridized carbons (Fsp3) is 0.440. The number of rotatable bonds is 5. The van der Waals surface area contributed by atoms with E-state index in [-0.39, 0.29) is 43.8 Å². The van der Waals surface area contributed by atoms with Crippen LogP contribution in [0.2, 0.25) is 5.02 Å². The van der Waals surface area contributed by atoms with E-state index in [4.69, 9.17) is 21.1 Å². The minimum atomic E-state index is -0.881. The van der Waals surface area contributed by atoms with Gasteiger partial charge in [-0.2, -0.15) is 0 Å². The lowest BCUT2D eigenvalue weighted by atomic mass is 9.94. The van der Waals surface area contributed by atoms with Gasteiger partial charge in [0.15, 0.2) is 0 Å². The van der Waals surface area contributed by atoms with Crippen LogP contribution in [0, 0.1) is 5.82 Å². The minimum Gasteiger partial charge on any atom is -0.389 e. The van der Waals surface area contributed by atoms with Gasteiger partial charge in [0.2, 0.25) is 5.91 Å². The molecule has 0 unspecified atom stereocenters. The Bertz CT molecular complexity index is 1010. The van der Waals surface area contributed by atoms with Crippen LogP contribution in [0.15, 0.2) is 48.5 Å². The lowest BCUT2D eigenvalue weighted by Crippen LogP contribution is -2.57. The average molecular weight is 491 g/mol. The lowest BCUT2D eigenvalue weighted by Gasteiger charge is -2.44. The summed E-state index contributed by atoms with van der Waals surface area (Å²) in [5, 5.41) is 13.8. The molecule has 2 saturated heterocycles. The van der Waals surface area contributed by atoms with Crippen LogP contribution in [0.25, 0.3) is 0 Å². The molecule has 2 heterocycles. The highest BCUT2D eigenvalue weighted by molar-refractivity contribution is 6.30. The first-order valence-corrected chi connectivity index (χ1v) is 11.8. The number of nitrogens with zero attached hydrogens (tertiary/aromatic N) is 1. The van der Waals surface area contributed by atoms with Crippen LogP contribution in [0.1, 0.15) is 35.2 Å². The van der Waals surface area contributed by atoms with Crippen LogP contribution in [0.4, 0.5) is 4.39 Å². The van der Waals surface area contributed by atoms with E-state index in [2.05, 4.69) is 5.32 Å². The number of nitrogens with one attached hydrogen (secondary N) is 1. The number of hydrogen-bond acceptors (Lipinski definition) is 5. The van der Waals surface area contributed by atoms with E-state index in [1.807, 2.05) is 12.1 Å². The van der Waals surface area contributed by atoms with E-state index >= 15 is 0 Å². The number of halogens is 2. The third-order valence-electron chi connectivity index (χ3n) is 6.16. The highest BCUT2D eigenvalue weighted by Crippen LogP contribution is 2.29. The molecule has 9 heteroatoms. The summed E-state index contributed by atoms with van der Waals surface area (Å²) in [5.41, 5.74) is 0.898. The van der Waals surface area contributed by atoms with Crippen LogP contribution >= 0.6 is 11.6 Å². The average Bonchev–Trinajstić information content (AvgIpc) is 2.81. The van der Waals surface area contributed by atoms with E-state index in [0.29, 0.717) is 24.4 Å². The highest BCUT2D eigenvalue weighted by atomic mass is 35.5. The van der Waals surface area contributed by atoms with Crippen molar-refractivity contribution in [3.05, 3.63) is 70.5 Å².